The van der Waals surface area contributed by atoms with Crippen molar-refractivity contribution in [3.8, 4) is 0 Å². The fourth-order valence-corrected chi connectivity index (χ4v) is 5.28. The summed E-state index contributed by atoms with van der Waals surface area (Å²) in [5, 5.41) is 1.20. The molecule has 1 rings (SSSR count). The van der Waals surface area contributed by atoms with E-state index in [-0.39, 0.29) is 0 Å². The molecule has 0 amide bonds. The van der Waals surface area contributed by atoms with Crippen LogP contribution in [-0.4, -0.2) is 17.2 Å². The Labute approximate surface area is 87.6 Å². The molecule has 0 radical (unpaired) electrons. The van der Waals surface area contributed by atoms with Gasteiger partial charge in [-0.2, -0.15) is 0 Å². The van der Waals surface area contributed by atoms with Gasteiger partial charge in [0.05, 0.1) is 0 Å². The van der Waals surface area contributed by atoms with E-state index in [4.69, 9.17) is 0 Å². The van der Waals surface area contributed by atoms with Crippen molar-refractivity contribution in [2.45, 2.75) is 26.7 Å². The Morgan fingerprint density at radius 2 is 1.50 bits per heavy atom. The van der Waals surface area contributed by atoms with Crippen molar-refractivity contribution >= 4 is 12.8 Å². The Kier molecular flexibility index (Phi) is 4.57. The fourth-order valence-electron chi connectivity index (χ4n) is 1.99. The average molecular weight is 212 g/mol. The third-order valence-electron chi connectivity index (χ3n) is 2.64. The summed E-state index contributed by atoms with van der Waals surface area (Å²) in [6.45, 7) is 4.30. The zero-order valence-electron chi connectivity index (χ0n) is 9.16. The molecule has 0 aliphatic rings. The van der Waals surface area contributed by atoms with Crippen LogP contribution in [0.25, 0.3) is 0 Å². The molecule has 0 aliphatic carbocycles. The Balaban J connectivity index is 2.87. The molecule has 1 nitrogen and oxygen atoms in total. The summed E-state index contributed by atoms with van der Waals surface area (Å²) in [7, 11) is -2.13. The molecular weight excluding hydrogens is 191 g/mol. The second kappa shape index (κ2) is 5.48. The third-order valence-corrected chi connectivity index (χ3v) is 6.70. The third kappa shape index (κ3) is 2.80. The number of hydrogen-bond donors (Lipinski definition) is 1. The Morgan fingerprint density at radius 1 is 1.00 bits per heavy atom. The van der Waals surface area contributed by atoms with Gasteiger partial charge in [0.1, 0.15) is 0 Å². The van der Waals surface area contributed by atoms with Gasteiger partial charge in [0.15, 0.2) is 0 Å². The van der Waals surface area contributed by atoms with Gasteiger partial charge in [0, 0.05) is 0 Å². The zero-order valence-corrected chi connectivity index (χ0v) is 10.2. The molecule has 0 fully saturated rings. The molecule has 0 atom stereocenters. The van der Waals surface area contributed by atoms with Crippen LogP contribution in [0.5, 0.6) is 0 Å². The molecule has 0 unspecified atom stereocenters. The van der Waals surface area contributed by atoms with Crippen molar-refractivity contribution < 1.29 is 4.89 Å². The maximum atomic E-state index is 10.6. The van der Waals surface area contributed by atoms with Crippen LogP contribution in [0.15, 0.2) is 30.3 Å². The first-order valence-corrected chi connectivity index (χ1v) is 7.87. The van der Waals surface area contributed by atoms with Gasteiger partial charge in [-0.3, -0.25) is 0 Å². The van der Waals surface area contributed by atoms with Crippen molar-refractivity contribution in [3.63, 3.8) is 0 Å². The summed E-state index contributed by atoms with van der Waals surface area (Å²) >= 11 is 0. The Bertz CT molecular complexity index is 252. The summed E-state index contributed by atoms with van der Waals surface area (Å²) < 4.78 is 0. The number of benzene rings is 1. The predicted molar refractivity (Wildman–Crippen MR) is 66.9 cm³/mol. The molecule has 0 saturated carbocycles. The molecule has 0 aromatic heterocycles. The molecule has 1 aromatic rings. The summed E-state index contributed by atoms with van der Waals surface area (Å²) in [5.41, 5.74) is 0. The van der Waals surface area contributed by atoms with Gasteiger partial charge in [-0.15, -0.1) is 0 Å². The normalized spacial score (nSPS) is 12.8. The topological polar surface area (TPSA) is 20.2 Å². The maximum absolute atomic E-state index is 10.6. The molecule has 2 heteroatoms. The van der Waals surface area contributed by atoms with Crippen LogP contribution in [0.3, 0.4) is 0 Å². The second-order valence-corrected chi connectivity index (χ2v) is 7.54. The van der Waals surface area contributed by atoms with Crippen molar-refractivity contribution in [3.05, 3.63) is 30.3 Å². The van der Waals surface area contributed by atoms with E-state index in [9.17, 15) is 4.89 Å². The first-order valence-electron chi connectivity index (χ1n) is 5.51. The molecular formula is C12H21OP. The van der Waals surface area contributed by atoms with Gasteiger partial charge in [0.25, 0.3) is 0 Å². The molecule has 0 aliphatic heterocycles. The van der Waals surface area contributed by atoms with Gasteiger partial charge in [-0.25, -0.2) is 0 Å². The number of hydrogen-bond acceptors (Lipinski definition) is 1. The van der Waals surface area contributed by atoms with Crippen LogP contribution in [-0.2, 0) is 0 Å². The van der Waals surface area contributed by atoms with Crippen LogP contribution in [0.1, 0.15) is 26.7 Å². The summed E-state index contributed by atoms with van der Waals surface area (Å²) in [6, 6.07) is 10.2. The van der Waals surface area contributed by atoms with E-state index in [2.05, 4.69) is 26.0 Å². The average Bonchev–Trinajstić information content (AvgIpc) is 2.20. The van der Waals surface area contributed by atoms with Crippen LogP contribution in [0, 0.1) is 0 Å². The van der Waals surface area contributed by atoms with E-state index in [1.165, 1.54) is 5.30 Å². The molecule has 0 spiro atoms. The van der Waals surface area contributed by atoms with Crippen molar-refractivity contribution in [1.29, 1.82) is 0 Å². The zero-order chi connectivity index (χ0) is 10.4. The van der Waals surface area contributed by atoms with E-state index in [1.54, 1.807) is 0 Å². The van der Waals surface area contributed by atoms with Crippen molar-refractivity contribution in [1.82, 2.24) is 0 Å². The summed E-state index contributed by atoms with van der Waals surface area (Å²) in [5.74, 6) is 0. The minimum absolute atomic E-state index is 0.991. The minimum atomic E-state index is -2.13. The van der Waals surface area contributed by atoms with Crippen LogP contribution in [0.4, 0.5) is 0 Å². The standard InChI is InChI=1S/C12H21OP/c1-3-10-14(13,11-4-2)12-8-6-5-7-9-12/h5-9,13-14H,3-4,10-11H2,1-2H3. The summed E-state index contributed by atoms with van der Waals surface area (Å²) in [6.07, 6.45) is 4.14. The molecule has 0 heterocycles. The second-order valence-electron chi connectivity index (χ2n) is 3.90. The molecule has 0 saturated heterocycles. The van der Waals surface area contributed by atoms with Gasteiger partial charge >= 0.3 is 87.0 Å². The van der Waals surface area contributed by atoms with E-state index < -0.39 is 7.49 Å². The molecule has 1 aromatic carbocycles. The monoisotopic (exact) mass is 212 g/mol. The predicted octanol–water partition coefficient (Wildman–Crippen LogP) is 2.79. The van der Waals surface area contributed by atoms with Crippen molar-refractivity contribution in [2.75, 3.05) is 12.3 Å². The quantitative estimate of drug-likeness (QED) is 0.744. The van der Waals surface area contributed by atoms with Gasteiger partial charge in [0.2, 0.25) is 0 Å². The van der Waals surface area contributed by atoms with E-state index in [0.717, 1.165) is 25.2 Å². The van der Waals surface area contributed by atoms with Gasteiger partial charge in [-0.1, -0.05) is 0 Å². The van der Waals surface area contributed by atoms with Crippen LogP contribution >= 0.6 is 7.49 Å². The Morgan fingerprint density at radius 3 is 1.93 bits per heavy atom. The first-order chi connectivity index (χ1) is 6.73. The molecule has 0 bridgehead atoms. The van der Waals surface area contributed by atoms with Crippen molar-refractivity contribution in [2.24, 2.45) is 0 Å². The Hall–Kier alpha value is -0.390. The van der Waals surface area contributed by atoms with Crippen LogP contribution < -0.4 is 5.30 Å². The van der Waals surface area contributed by atoms with E-state index >= 15 is 0 Å². The van der Waals surface area contributed by atoms with Gasteiger partial charge < -0.3 is 0 Å². The first kappa shape index (κ1) is 11.7. The fraction of sp³-hybridized carbons (Fsp3) is 0.500. The number of rotatable bonds is 5. The molecule has 80 valence electrons. The molecule has 14 heavy (non-hydrogen) atoms. The van der Waals surface area contributed by atoms with E-state index in [1.807, 2.05) is 18.2 Å². The summed E-state index contributed by atoms with van der Waals surface area (Å²) in [4.78, 5) is 10.6. The SMILES string of the molecule is CCC[PH](O)(CCC)c1ccccc1. The van der Waals surface area contributed by atoms with Gasteiger partial charge in [-0.05, 0) is 0 Å². The molecule has 1 N–H and O–H groups in total. The van der Waals surface area contributed by atoms with Crippen LogP contribution in [0.2, 0.25) is 0 Å². The van der Waals surface area contributed by atoms with E-state index in [0.29, 0.717) is 0 Å².